The first kappa shape index (κ1) is 24.8. The summed E-state index contributed by atoms with van der Waals surface area (Å²) in [4.78, 5) is 22.5. The molecule has 1 aromatic heterocycles. The summed E-state index contributed by atoms with van der Waals surface area (Å²) < 4.78 is 0. The van der Waals surface area contributed by atoms with Crippen LogP contribution in [0.25, 0.3) is 0 Å². The van der Waals surface area contributed by atoms with Gasteiger partial charge in [-0.1, -0.05) is 30.3 Å². The van der Waals surface area contributed by atoms with E-state index in [0.29, 0.717) is 17.7 Å². The highest BCUT2D eigenvalue weighted by atomic mass is 127. The van der Waals surface area contributed by atoms with Crippen LogP contribution in [-0.2, 0) is 11.3 Å². The fourth-order valence-electron chi connectivity index (χ4n) is 2.67. The van der Waals surface area contributed by atoms with Gasteiger partial charge in [-0.05, 0) is 38.1 Å². The molecule has 0 saturated heterocycles. The maximum absolute atomic E-state index is 12.0. The third-order valence-corrected chi connectivity index (χ3v) is 4.47. The minimum Gasteiger partial charge on any atom is -0.356 e. The molecule has 2 aromatic rings. The molecule has 1 unspecified atom stereocenters. The van der Waals surface area contributed by atoms with Crippen LogP contribution in [0, 0.1) is 0 Å². The molecular formula is C21H31IN6O. The van der Waals surface area contributed by atoms with Crippen LogP contribution in [0.15, 0.2) is 59.9 Å². The largest absolute Gasteiger partial charge is 0.356 e. The molecular weight excluding hydrogens is 479 g/mol. The molecule has 3 N–H and O–H groups in total. The van der Waals surface area contributed by atoms with E-state index in [1.807, 2.05) is 6.07 Å². The number of halogens is 1. The van der Waals surface area contributed by atoms with Crippen LogP contribution >= 0.6 is 24.0 Å². The van der Waals surface area contributed by atoms with Gasteiger partial charge in [0.15, 0.2) is 5.96 Å². The zero-order chi connectivity index (χ0) is 20.2. The number of benzene rings is 1. The van der Waals surface area contributed by atoms with Crippen molar-refractivity contribution in [3.05, 3.63) is 60.4 Å². The Balaban J connectivity index is 0.00000420. The molecule has 1 aromatic carbocycles. The number of hydrogen-bond donors (Lipinski definition) is 3. The van der Waals surface area contributed by atoms with Crippen LogP contribution in [0.1, 0.15) is 18.9 Å². The van der Waals surface area contributed by atoms with Gasteiger partial charge in [-0.3, -0.25) is 19.7 Å². The molecule has 0 saturated carbocycles. The number of hydrogen-bond acceptors (Lipinski definition) is 4. The molecule has 0 spiro atoms. The number of rotatable bonds is 9. The quantitative estimate of drug-likeness (QED) is 0.275. The van der Waals surface area contributed by atoms with Crippen LogP contribution in [0.4, 0.5) is 5.69 Å². The molecule has 8 heteroatoms. The van der Waals surface area contributed by atoms with Crippen LogP contribution in [0.2, 0.25) is 0 Å². The molecule has 0 aliphatic rings. The predicted molar refractivity (Wildman–Crippen MR) is 130 cm³/mol. The van der Waals surface area contributed by atoms with Crippen LogP contribution in [-0.4, -0.2) is 55.0 Å². The number of pyridine rings is 1. The Morgan fingerprint density at radius 3 is 2.59 bits per heavy atom. The Bertz CT molecular complexity index is 741. The summed E-state index contributed by atoms with van der Waals surface area (Å²) in [6.45, 7) is 4.04. The standard InChI is InChI=1S/C21H30N6O.HI/c1-17(27(3)16-18-8-5-4-6-9-18)11-13-24-21(22-2)25-15-20(28)26-19-10-7-12-23-14-19;/h4-10,12,14,17H,11,13,15-16H2,1-3H3,(H,26,28)(H2,22,24,25);1H. The summed E-state index contributed by atoms with van der Waals surface area (Å²) in [6, 6.07) is 14.4. The zero-order valence-corrected chi connectivity index (χ0v) is 19.6. The highest BCUT2D eigenvalue weighted by Crippen LogP contribution is 2.07. The van der Waals surface area contributed by atoms with E-state index in [4.69, 9.17) is 0 Å². The smallest absolute Gasteiger partial charge is 0.243 e. The molecule has 0 radical (unpaired) electrons. The highest BCUT2D eigenvalue weighted by molar-refractivity contribution is 14.0. The van der Waals surface area contributed by atoms with Gasteiger partial charge in [0.25, 0.3) is 0 Å². The average Bonchev–Trinajstić information content (AvgIpc) is 2.71. The molecule has 0 bridgehead atoms. The SMILES string of the molecule is CN=C(NCCC(C)N(C)Cc1ccccc1)NCC(=O)Nc1cccnc1.I. The number of aliphatic imine (C=N–C) groups is 1. The molecule has 29 heavy (non-hydrogen) atoms. The van der Waals surface area contributed by atoms with E-state index < -0.39 is 0 Å². The minimum absolute atomic E-state index is 0. The van der Waals surface area contributed by atoms with Crippen LogP contribution in [0.5, 0.6) is 0 Å². The number of guanidine groups is 1. The lowest BCUT2D eigenvalue weighted by atomic mass is 10.1. The first-order valence-corrected chi connectivity index (χ1v) is 9.47. The Morgan fingerprint density at radius 1 is 1.17 bits per heavy atom. The summed E-state index contributed by atoms with van der Waals surface area (Å²) in [6.07, 6.45) is 4.24. The second-order valence-corrected chi connectivity index (χ2v) is 6.68. The fourth-order valence-corrected chi connectivity index (χ4v) is 2.67. The van der Waals surface area contributed by atoms with Crippen molar-refractivity contribution >= 4 is 41.5 Å². The monoisotopic (exact) mass is 510 g/mol. The number of aromatic nitrogens is 1. The van der Waals surface area contributed by atoms with Gasteiger partial charge in [-0.25, -0.2) is 0 Å². The van der Waals surface area contributed by atoms with E-state index in [1.165, 1.54) is 5.56 Å². The molecule has 1 amide bonds. The normalized spacial score (nSPS) is 12.1. The third kappa shape index (κ3) is 9.71. The van der Waals surface area contributed by atoms with E-state index in [-0.39, 0.29) is 36.4 Å². The third-order valence-electron chi connectivity index (χ3n) is 4.47. The highest BCUT2D eigenvalue weighted by Gasteiger charge is 2.10. The number of carbonyl (C=O) groups excluding carboxylic acids is 1. The van der Waals surface area contributed by atoms with Crippen molar-refractivity contribution in [2.75, 3.05) is 32.5 Å². The van der Waals surface area contributed by atoms with E-state index >= 15 is 0 Å². The number of nitrogens with zero attached hydrogens (tertiary/aromatic N) is 3. The predicted octanol–water partition coefficient (Wildman–Crippen LogP) is 2.71. The Kier molecular flexibility index (Phi) is 11.9. The van der Waals surface area contributed by atoms with E-state index in [2.05, 4.69) is 69.1 Å². The molecule has 7 nitrogen and oxygen atoms in total. The Morgan fingerprint density at radius 2 is 1.93 bits per heavy atom. The summed E-state index contributed by atoms with van der Waals surface area (Å²) in [5.41, 5.74) is 1.98. The van der Waals surface area contributed by atoms with E-state index in [0.717, 1.165) is 19.5 Å². The molecule has 2 rings (SSSR count). The fraction of sp³-hybridized carbons (Fsp3) is 0.381. The van der Waals surface area contributed by atoms with Gasteiger partial charge in [0.05, 0.1) is 18.4 Å². The zero-order valence-electron chi connectivity index (χ0n) is 17.3. The van der Waals surface area contributed by atoms with Crippen molar-refractivity contribution in [1.82, 2.24) is 20.5 Å². The Hall–Kier alpha value is -2.20. The number of amides is 1. The maximum atomic E-state index is 12.0. The first-order valence-electron chi connectivity index (χ1n) is 9.47. The lowest BCUT2D eigenvalue weighted by molar-refractivity contribution is -0.115. The van der Waals surface area contributed by atoms with Gasteiger partial charge < -0.3 is 16.0 Å². The summed E-state index contributed by atoms with van der Waals surface area (Å²) in [5.74, 6) is 0.464. The Labute approximate surface area is 190 Å². The maximum Gasteiger partial charge on any atom is 0.243 e. The number of anilines is 1. The first-order chi connectivity index (χ1) is 13.6. The molecule has 158 valence electrons. The van der Waals surface area contributed by atoms with Crippen molar-refractivity contribution in [1.29, 1.82) is 0 Å². The molecule has 1 heterocycles. The van der Waals surface area contributed by atoms with Gasteiger partial charge in [-0.2, -0.15) is 0 Å². The lowest BCUT2D eigenvalue weighted by Crippen LogP contribution is -2.43. The van der Waals surface area contributed by atoms with Crippen molar-refractivity contribution in [2.24, 2.45) is 4.99 Å². The van der Waals surface area contributed by atoms with Crippen molar-refractivity contribution in [2.45, 2.75) is 25.9 Å². The van der Waals surface area contributed by atoms with Gasteiger partial charge in [-0.15, -0.1) is 24.0 Å². The second kappa shape index (κ2) is 13.9. The van der Waals surface area contributed by atoms with Crippen molar-refractivity contribution < 1.29 is 4.79 Å². The second-order valence-electron chi connectivity index (χ2n) is 6.68. The molecule has 1 atom stereocenters. The van der Waals surface area contributed by atoms with Crippen LogP contribution < -0.4 is 16.0 Å². The number of carbonyl (C=O) groups is 1. The average molecular weight is 510 g/mol. The number of nitrogens with one attached hydrogen (secondary N) is 3. The van der Waals surface area contributed by atoms with Gasteiger partial charge in [0.1, 0.15) is 0 Å². The lowest BCUT2D eigenvalue weighted by Gasteiger charge is -2.25. The van der Waals surface area contributed by atoms with Crippen molar-refractivity contribution in [3.63, 3.8) is 0 Å². The van der Waals surface area contributed by atoms with E-state index in [1.54, 1.807) is 31.6 Å². The van der Waals surface area contributed by atoms with Gasteiger partial charge >= 0.3 is 0 Å². The molecule has 0 fully saturated rings. The topological polar surface area (TPSA) is 81.7 Å². The molecule has 0 aliphatic carbocycles. The van der Waals surface area contributed by atoms with Gasteiger partial charge in [0.2, 0.25) is 5.91 Å². The van der Waals surface area contributed by atoms with Crippen molar-refractivity contribution in [3.8, 4) is 0 Å². The minimum atomic E-state index is -0.146. The van der Waals surface area contributed by atoms with Gasteiger partial charge in [0, 0.05) is 32.4 Å². The van der Waals surface area contributed by atoms with Crippen LogP contribution in [0.3, 0.4) is 0 Å². The summed E-state index contributed by atoms with van der Waals surface area (Å²) in [7, 11) is 3.83. The summed E-state index contributed by atoms with van der Waals surface area (Å²) in [5, 5.41) is 9.06. The summed E-state index contributed by atoms with van der Waals surface area (Å²) >= 11 is 0. The molecule has 0 aliphatic heterocycles. The van der Waals surface area contributed by atoms with E-state index in [9.17, 15) is 4.79 Å².